The lowest BCUT2D eigenvalue weighted by Crippen LogP contribution is -2.04. The predicted molar refractivity (Wildman–Crippen MR) is 49.1 cm³/mol. The first-order valence-electron chi connectivity index (χ1n) is 3.07. The van der Waals surface area contributed by atoms with E-state index < -0.39 is 0 Å². The molecule has 1 aromatic rings. The summed E-state index contributed by atoms with van der Waals surface area (Å²) in [6.45, 7) is 1.91. The van der Waals surface area contributed by atoms with Gasteiger partial charge >= 0.3 is 0 Å². The van der Waals surface area contributed by atoms with Crippen LogP contribution in [0.15, 0.2) is 18.3 Å². The molecule has 0 aliphatic rings. The van der Waals surface area contributed by atoms with Gasteiger partial charge in [0.15, 0.2) is 0 Å². The molecule has 0 aliphatic heterocycles. The fourth-order valence-corrected chi connectivity index (χ4v) is 0.883. The number of pyridine rings is 1. The van der Waals surface area contributed by atoms with Gasteiger partial charge in [-0.15, -0.1) is 12.4 Å². The van der Waals surface area contributed by atoms with Crippen molar-refractivity contribution >= 4 is 24.0 Å². The van der Waals surface area contributed by atoms with Crippen LogP contribution in [-0.2, 0) is 0 Å². The van der Waals surface area contributed by atoms with Crippen molar-refractivity contribution in [2.45, 2.75) is 13.0 Å². The summed E-state index contributed by atoms with van der Waals surface area (Å²) < 4.78 is 0. The Morgan fingerprint density at radius 1 is 1.64 bits per heavy atom. The van der Waals surface area contributed by atoms with E-state index in [1.54, 1.807) is 12.3 Å². The number of nitrogens with zero attached hydrogens (tertiary/aromatic N) is 1. The van der Waals surface area contributed by atoms with Gasteiger partial charge in [-0.2, -0.15) is 0 Å². The van der Waals surface area contributed by atoms with Crippen LogP contribution in [0.25, 0.3) is 0 Å². The molecule has 4 heteroatoms. The average molecular weight is 193 g/mol. The van der Waals surface area contributed by atoms with Crippen molar-refractivity contribution in [1.29, 1.82) is 0 Å². The quantitative estimate of drug-likeness (QED) is 0.694. The van der Waals surface area contributed by atoms with Crippen LogP contribution < -0.4 is 5.73 Å². The molecule has 0 aliphatic carbocycles. The highest BCUT2D eigenvalue weighted by Gasteiger charge is 1.98. The summed E-state index contributed by atoms with van der Waals surface area (Å²) in [4.78, 5) is 3.83. The van der Waals surface area contributed by atoms with Crippen LogP contribution in [0.5, 0.6) is 0 Å². The minimum Gasteiger partial charge on any atom is -0.324 e. The van der Waals surface area contributed by atoms with E-state index >= 15 is 0 Å². The van der Waals surface area contributed by atoms with Crippen molar-refractivity contribution in [3.05, 3.63) is 29.0 Å². The van der Waals surface area contributed by atoms with Gasteiger partial charge in [0.05, 0.1) is 0 Å². The Labute approximate surface area is 77.2 Å². The monoisotopic (exact) mass is 192 g/mol. The topological polar surface area (TPSA) is 38.9 Å². The van der Waals surface area contributed by atoms with Crippen molar-refractivity contribution in [2.24, 2.45) is 5.73 Å². The summed E-state index contributed by atoms with van der Waals surface area (Å²) in [5.41, 5.74) is 6.61. The Morgan fingerprint density at radius 2 is 2.27 bits per heavy atom. The highest BCUT2D eigenvalue weighted by Crippen LogP contribution is 2.12. The molecule has 1 rings (SSSR count). The van der Waals surface area contributed by atoms with Gasteiger partial charge in [0.25, 0.3) is 0 Å². The molecule has 0 spiro atoms. The zero-order valence-corrected chi connectivity index (χ0v) is 7.69. The first kappa shape index (κ1) is 10.7. The molecule has 0 bridgehead atoms. The first-order valence-corrected chi connectivity index (χ1v) is 3.45. The summed E-state index contributed by atoms with van der Waals surface area (Å²) in [5.74, 6) is 0. The van der Waals surface area contributed by atoms with Crippen molar-refractivity contribution in [2.75, 3.05) is 0 Å². The van der Waals surface area contributed by atoms with Crippen LogP contribution >= 0.6 is 24.0 Å². The summed E-state index contributed by atoms with van der Waals surface area (Å²) in [5, 5.41) is 0.495. The highest BCUT2D eigenvalue weighted by molar-refractivity contribution is 6.29. The minimum absolute atomic E-state index is 0. The molecule has 62 valence electrons. The van der Waals surface area contributed by atoms with Crippen molar-refractivity contribution in [3.63, 3.8) is 0 Å². The third-order valence-corrected chi connectivity index (χ3v) is 1.48. The van der Waals surface area contributed by atoms with E-state index in [1.165, 1.54) is 0 Å². The van der Waals surface area contributed by atoms with Crippen LogP contribution in [0, 0.1) is 0 Å². The van der Waals surface area contributed by atoms with Gasteiger partial charge in [0.1, 0.15) is 5.15 Å². The van der Waals surface area contributed by atoms with Crippen LogP contribution in [0.2, 0.25) is 5.15 Å². The third kappa shape index (κ3) is 3.06. The van der Waals surface area contributed by atoms with Crippen molar-refractivity contribution < 1.29 is 0 Å². The standard InChI is InChI=1S/C7H9ClN2.ClH/c1-5(9)6-2-3-10-7(8)4-6;/h2-5H,9H2,1H3;1H/t5-;/m0./s1. The summed E-state index contributed by atoms with van der Waals surface area (Å²) in [6.07, 6.45) is 1.65. The molecule has 0 amide bonds. The second-order valence-electron chi connectivity index (χ2n) is 2.20. The molecule has 2 N–H and O–H groups in total. The molecule has 0 aromatic carbocycles. The highest BCUT2D eigenvalue weighted by atomic mass is 35.5. The zero-order valence-electron chi connectivity index (χ0n) is 6.12. The molecule has 1 atom stereocenters. The fraction of sp³-hybridized carbons (Fsp3) is 0.286. The van der Waals surface area contributed by atoms with E-state index in [9.17, 15) is 0 Å². The van der Waals surface area contributed by atoms with Gasteiger partial charge < -0.3 is 5.73 Å². The Hall–Kier alpha value is -0.310. The number of aromatic nitrogens is 1. The Balaban J connectivity index is 0.000001000. The molecule has 0 fully saturated rings. The van der Waals surface area contributed by atoms with Gasteiger partial charge in [0.2, 0.25) is 0 Å². The molecule has 0 radical (unpaired) electrons. The molecular weight excluding hydrogens is 183 g/mol. The molecule has 11 heavy (non-hydrogen) atoms. The summed E-state index contributed by atoms with van der Waals surface area (Å²) in [7, 11) is 0. The third-order valence-electron chi connectivity index (χ3n) is 1.28. The smallest absolute Gasteiger partial charge is 0.129 e. The number of rotatable bonds is 1. The van der Waals surface area contributed by atoms with Crippen LogP contribution in [0.4, 0.5) is 0 Å². The minimum atomic E-state index is 0. The van der Waals surface area contributed by atoms with Crippen LogP contribution in [0.1, 0.15) is 18.5 Å². The average Bonchev–Trinajstić information content (AvgIpc) is 1.88. The second-order valence-corrected chi connectivity index (χ2v) is 2.59. The predicted octanol–water partition coefficient (Wildman–Crippen LogP) is 2.18. The fourth-order valence-electron chi connectivity index (χ4n) is 0.701. The van der Waals surface area contributed by atoms with Gasteiger partial charge in [-0.1, -0.05) is 11.6 Å². The SMILES string of the molecule is C[C@H](N)c1ccnc(Cl)c1.Cl. The first-order chi connectivity index (χ1) is 4.70. The molecule has 1 heterocycles. The van der Waals surface area contributed by atoms with Crippen molar-refractivity contribution in [1.82, 2.24) is 4.98 Å². The van der Waals surface area contributed by atoms with E-state index in [-0.39, 0.29) is 18.4 Å². The molecular formula is C7H10Cl2N2. The maximum atomic E-state index is 5.62. The maximum Gasteiger partial charge on any atom is 0.129 e. The number of halogens is 2. The van der Waals surface area contributed by atoms with E-state index in [1.807, 2.05) is 13.0 Å². The molecule has 0 saturated carbocycles. The Bertz CT molecular complexity index is 225. The maximum absolute atomic E-state index is 5.62. The lowest BCUT2D eigenvalue weighted by atomic mass is 10.1. The van der Waals surface area contributed by atoms with E-state index in [2.05, 4.69) is 4.98 Å². The number of hydrogen-bond acceptors (Lipinski definition) is 2. The van der Waals surface area contributed by atoms with Gasteiger partial charge in [-0.25, -0.2) is 4.98 Å². The second kappa shape index (κ2) is 4.54. The Morgan fingerprint density at radius 3 is 2.64 bits per heavy atom. The lowest BCUT2D eigenvalue weighted by molar-refractivity contribution is 0.815. The summed E-state index contributed by atoms with van der Waals surface area (Å²) >= 11 is 5.62. The zero-order chi connectivity index (χ0) is 7.56. The molecule has 1 aromatic heterocycles. The van der Waals surface area contributed by atoms with Gasteiger partial charge in [-0.05, 0) is 24.6 Å². The van der Waals surface area contributed by atoms with E-state index in [4.69, 9.17) is 17.3 Å². The van der Waals surface area contributed by atoms with Gasteiger partial charge in [0, 0.05) is 12.2 Å². The normalized spacial score (nSPS) is 11.9. The molecule has 0 unspecified atom stereocenters. The number of nitrogens with two attached hydrogens (primary N) is 1. The lowest BCUT2D eigenvalue weighted by Gasteiger charge is -2.03. The van der Waals surface area contributed by atoms with Crippen LogP contribution in [-0.4, -0.2) is 4.98 Å². The molecule has 0 saturated heterocycles. The molecule has 2 nitrogen and oxygen atoms in total. The number of hydrogen-bond donors (Lipinski definition) is 1. The Kier molecular flexibility index (Phi) is 4.42. The van der Waals surface area contributed by atoms with Crippen molar-refractivity contribution in [3.8, 4) is 0 Å². The van der Waals surface area contributed by atoms with Gasteiger partial charge in [-0.3, -0.25) is 0 Å². The van der Waals surface area contributed by atoms with Crippen LogP contribution in [0.3, 0.4) is 0 Å². The van der Waals surface area contributed by atoms with E-state index in [0.29, 0.717) is 5.15 Å². The van der Waals surface area contributed by atoms with E-state index in [0.717, 1.165) is 5.56 Å². The summed E-state index contributed by atoms with van der Waals surface area (Å²) in [6, 6.07) is 3.66. The largest absolute Gasteiger partial charge is 0.324 e.